The van der Waals surface area contributed by atoms with Crippen LogP contribution in [0.5, 0.6) is 23.0 Å². The van der Waals surface area contributed by atoms with Crippen LogP contribution in [0, 0.1) is 27.7 Å². The Bertz CT molecular complexity index is 6440. The number of ether oxygens (including phenoxy) is 7. The summed E-state index contributed by atoms with van der Waals surface area (Å²) in [6.07, 6.45) is 27.7. The molecule has 4 aromatic carbocycles. The third-order valence-electron chi connectivity index (χ3n) is 23.5. The average molecular weight is 1830 g/mol. The average Bonchev–Trinajstić information content (AvgIpc) is 1.27. The molecule has 3 saturated carbocycles. The number of sulfone groups is 2. The first kappa shape index (κ1) is 91.3. The topological polar surface area (TPSA) is 470 Å². The summed E-state index contributed by atoms with van der Waals surface area (Å²) in [6, 6.07) is 20.3. The summed E-state index contributed by atoms with van der Waals surface area (Å²) >= 11 is 0. The number of fused-ring (bicyclic) bond motifs is 4. The number of aryl methyl sites for hydroxylation is 4. The Kier molecular flexibility index (Phi) is 28.6. The smallest absolute Gasteiger partial charge is 0.243 e. The Hall–Kier alpha value is -11.4. The van der Waals surface area contributed by atoms with Crippen LogP contribution in [0.15, 0.2) is 117 Å². The molecule has 128 heavy (non-hydrogen) atoms. The quantitative estimate of drug-likeness (QED) is 0.0239. The molecule has 0 amide bonds. The molecule has 6 fully saturated rings. The highest BCUT2D eigenvalue weighted by Gasteiger charge is 2.32. The standard InChI is InChI=1S/C24H32N6O4S.C22H28N6O5S.C21H27N5O3S.C20H25N5O3S/c1-16-15-25-22-21(16)23(26-17-6-4-3-5-7-17)29-24(28-22)27-19-9-8-18(14-20(19)33-2)35(31,32)30-10-12-34-13-11-30;1-14-12-23-20-19(14)21(24-15-5-8-33-13-15)27-22(26-20)25-17-4-3-16(11-18(17)31-2)34(29,30)28-6-9-32-10-7-28;1-13-12-22-19-18(13)20(23-14-7-5-4-6-8-14)26-21(25-19)24-16-10-9-15(30(3,27)28)11-17(16)29-2;1-12-11-21-18-17(12)19(22-13-6-4-5-7-13)25-20(24-18)23-15-9-8-14(29(3,26)27)10-16(15)28-2/h8-9,14-15,17H,3-7,10-13H2,1-2H3,(H3,25,26,27,28,29);3-4,11-12,15H,5-10,13H2,1-2H3,(H3,23,24,25,26,27);9-12,14H,4-8H2,1-3H3,(H3,22,23,24,25,26);8-11,13H,4-7H2,1-3H3,(H3,21,22,23,24,25)/t;15-;;/m.0../s1. The first-order valence-electron chi connectivity index (χ1n) is 43.0. The third-order valence-corrected chi connectivity index (χ3v) is 29.5. The number of hydrogen-bond donors (Lipinski definition) is 12. The molecule has 0 bridgehead atoms. The van der Waals surface area contributed by atoms with Crippen molar-refractivity contribution in [2.75, 3.05) is 149 Å². The van der Waals surface area contributed by atoms with E-state index < -0.39 is 39.7 Å². The van der Waals surface area contributed by atoms with Crippen LogP contribution in [0.1, 0.15) is 119 Å². The summed E-state index contributed by atoms with van der Waals surface area (Å²) in [7, 11) is -7.92. The van der Waals surface area contributed by atoms with Gasteiger partial charge in [-0.3, -0.25) is 0 Å². The second kappa shape index (κ2) is 40.1. The largest absolute Gasteiger partial charge is 0.495 e. The molecule has 41 heteroatoms. The fourth-order valence-corrected chi connectivity index (χ4v) is 20.7. The van der Waals surface area contributed by atoms with Gasteiger partial charge in [0.1, 0.15) is 68.9 Å². The highest BCUT2D eigenvalue weighted by atomic mass is 32.2. The molecule has 0 spiro atoms. The van der Waals surface area contributed by atoms with E-state index in [1.54, 1.807) is 42.5 Å². The van der Waals surface area contributed by atoms with Crippen molar-refractivity contribution in [2.45, 2.75) is 168 Å². The van der Waals surface area contributed by atoms with E-state index in [1.165, 1.54) is 131 Å². The molecule has 8 aromatic heterocycles. The summed E-state index contributed by atoms with van der Waals surface area (Å²) in [4.78, 5) is 50.9. The molecule has 0 unspecified atom stereocenters. The number of nitrogens with one attached hydrogen (secondary N) is 12. The Balaban J connectivity index is 0.000000132. The third kappa shape index (κ3) is 21.4. The number of sulfonamides is 2. The van der Waals surface area contributed by atoms with Crippen molar-refractivity contribution in [1.82, 2.24) is 68.4 Å². The van der Waals surface area contributed by atoms with Crippen molar-refractivity contribution in [2.24, 2.45) is 0 Å². The predicted molar refractivity (Wildman–Crippen MR) is 495 cm³/mol. The molecule has 37 nitrogen and oxygen atoms in total. The first-order chi connectivity index (χ1) is 61.6. The lowest BCUT2D eigenvalue weighted by Crippen LogP contribution is -2.40. The highest BCUT2D eigenvalue weighted by Crippen LogP contribution is 2.40. The fourth-order valence-electron chi connectivity index (χ4n) is 16.6. The van der Waals surface area contributed by atoms with Crippen LogP contribution in [0.3, 0.4) is 0 Å². The van der Waals surface area contributed by atoms with Gasteiger partial charge in [-0.15, -0.1) is 0 Å². The molecule has 3 aliphatic carbocycles. The van der Waals surface area contributed by atoms with Crippen LogP contribution in [0.25, 0.3) is 44.1 Å². The van der Waals surface area contributed by atoms with Crippen molar-refractivity contribution < 1.29 is 66.8 Å². The number of H-pyrrole nitrogens is 4. The second-order valence-electron chi connectivity index (χ2n) is 32.7. The number of aromatic nitrogens is 12. The van der Waals surface area contributed by atoms with E-state index in [0.29, 0.717) is 158 Å². The van der Waals surface area contributed by atoms with Gasteiger partial charge in [0, 0.05) is 112 Å². The van der Waals surface area contributed by atoms with Gasteiger partial charge in [0.05, 0.1) is 131 Å². The lowest BCUT2D eigenvalue weighted by Gasteiger charge is -2.26. The number of nitrogens with zero attached hydrogens (tertiary/aromatic N) is 10. The Morgan fingerprint density at radius 1 is 0.336 bits per heavy atom. The van der Waals surface area contributed by atoms with Crippen LogP contribution in [-0.4, -0.2) is 233 Å². The number of benzene rings is 4. The van der Waals surface area contributed by atoms with Gasteiger partial charge < -0.3 is 95.6 Å². The minimum absolute atomic E-state index is 0.164. The zero-order chi connectivity index (χ0) is 90.0. The molecule has 1 atom stereocenters. The molecule has 11 heterocycles. The van der Waals surface area contributed by atoms with Crippen LogP contribution < -0.4 is 61.5 Å². The zero-order valence-electron chi connectivity index (χ0n) is 73.5. The normalized spacial score (nSPS) is 17.1. The first-order valence-corrected chi connectivity index (χ1v) is 49.7. The van der Waals surface area contributed by atoms with Crippen LogP contribution in [-0.2, 0) is 53.9 Å². The predicted octanol–water partition coefficient (Wildman–Crippen LogP) is 14.0. The van der Waals surface area contributed by atoms with Gasteiger partial charge >= 0.3 is 0 Å². The summed E-state index contributed by atoms with van der Waals surface area (Å²) in [5.74, 6) is 6.29. The van der Waals surface area contributed by atoms with E-state index in [0.717, 1.165) is 130 Å². The van der Waals surface area contributed by atoms with E-state index in [1.807, 2.05) is 52.5 Å². The fraction of sp³-hybridized carbons (Fsp3) is 0.448. The van der Waals surface area contributed by atoms with Gasteiger partial charge in [0.2, 0.25) is 43.8 Å². The zero-order valence-corrected chi connectivity index (χ0v) is 76.7. The summed E-state index contributed by atoms with van der Waals surface area (Å²) < 4.78 is 140. The van der Waals surface area contributed by atoms with Crippen molar-refractivity contribution in [1.29, 1.82) is 0 Å². The van der Waals surface area contributed by atoms with Gasteiger partial charge in [-0.2, -0.15) is 48.5 Å². The van der Waals surface area contributed by atoms with Crippen LogP contribution >= 0.6 is 0 Å². The van der Waals surface area contributed by atoms with E-state index in [4.69, 9.17) is 53.1 Å². The molecule has 18 rings (SSSR count). The summed E-state index contributed by atoms with van der Waals surface area (Å²) in [5, 5.41) is 30.9. The Morgan fingerprint density at radius 3 is 0.867 bits per heavy atom. The SMILES string of the molecule is COc1cc(S(=O)(=O)N2CCOCC2)ccc1Nc1nc(NC2CCCCC2)c2c(C)c[nH]c2n1.COc1cc(S(=O)(=O)N2CCOCC2)ccc1Nc1nc(N[C@H]2CCOC2)c2c(C)c[nH]c2n1.COc1cc(S(C)(=O)=O)ccc1Nc1nc(NC2CCCC2)c2c(C)c[nH]c2n1.COc1cc(S(C)(=O)=O)ccc1Nc1nc(NC2CCCCC2)c2c(C)c[nH]c2n1. The molecule has 12 aromatic rings. The molecule has 3 saturated heterocycles. The van der Waals surface area contributed by atoms with Crippen molar-refractivity contribution >= 4 is 154 Å². The number of methoxy groups -OCH3 is 4. The lowest BCUT2D eigenvalue weighted by atomic mass is 9.95. The molecule has 3 aliphatic heterocycles. The Morgan fingerprint density at radius 2 is 0.602 bits per heavy atom. The van der Waals surface area contributed by atoms with Gasteiger partial charge in [-0.25, -0.2) is 33.7 Å². The molecular weight excluding hydrogens is 1720 g/mol. The van der Waals surface area contributed by atoms with Gasteiger partial charge in [-0.05, 0) is 143 Å². The Labute approximate surface area is 744 Å². The van der Waals surface area contributed by atoms with E-state index in [9.17, 15) is 33.7 Å². The molecule has 12 N–H and O–H groups in total. The van der Waals surface area contributed by atoms with E-state index >= 15 is 0 Å². The van der Waals surface area contributed by atoms with E-state index in [2.05, 4.69) is 82.4 Å². The van der Waals surface area contributed by atoms with Crippen molar-refractivity contribution in [3.63, 3.8) is 0 Å². The van der Waals surface area contributed by atoms with Crippen LogP contribution in [0.4, 0.5) is 69.8 Å². The maximum Gasteiger partial charge on any atom is 0.243 e. The lowest BCUT2D eigenvalue weighted by molar-refractivity contribution is 0.0730. The van der Waals surface area contributed by atoms with Crippen molar-refractivity contribution in [3.8, 4) is 23.0 Å². The second-order valence-corrected chi connectivity index (χ2v) is 40.6. The minimum atomic E-state index is -3.64. The molecule has 0 radical (unpaired) electrons. The van der Waals surface area contributed by atoms with Crippen molar-refractivity contribution in [3.05, 3.63) is 120 Å². The van der Waals surface area contributed by atoms with E-state index in [-0.39, 0.29) is 25.6 Å². The van der Waals surface area contributed by atoms with Gasteiger partial charge in [0.15, 0.2) is 19.7 Å². The maximum atomic E-state index is 13.1. The highest BCUT2D eigenvalue weighted by molar-refractivity contribution is 7.91. The van der Waals surface area contributed by atoms with Crippen LogP contribution in [0.2, 0.25) is 0 Å². The molecule has 6 aliphatic rings. The number of aromatic amines is 4. The number of hydrogen-bond acceptors (Lipinski definition) is 31. The minimum Gasteiger partial charge on any atom is -0.495 e. The summed E-state index contributed by atoms with van der Waals surface area (Å²) in [5.41, 5.74) is 9.55. The number of morpholine rings is 2. The number of rotatable bonds is 26. The number of anilines is 12. The maximum absolute atomic E-state index is 13.1. The van der Waals surface area contributed by atoms with Gasteiger partial charge in [-0.1, -0.05) is 51.4 Å². The summed E-state index contributed by atoms with van der Waals surface area (Å²) in [6.45, 7) is 12.4. The monoisotopic (exact) mass is 1830 g/mol. The molecular formula is C87H112N22O15S4. The molecule has 684 valence electrons. The van der Waals surface area contributed by atoms with Gasteiger partial charge in [0.25, 0.3) is 0 Å².